The van der Waals surface area contributed by atoms with Crippen molar-refractivity contribution in [3.05, 3.63) is 0 Å². The third-order valence-electron chi connectivity index (χ3n) is 4.15. The van der Waals surface area contributed by atoms with Crippen molar-refractivity contribution >= 4 is 11.8 Å². The lowest BCUT2D eigenvalue weighted by Gasteiger charge is -2.41. The number of carbonyl (C=O) groups is 2. The van der Waals surface area contributed by atoms with Crippen molar-refractivity contribution in [3.63, 3.8) is 0 Å². The zero-order chi connectivity index (χ0) is 25.8. The van der Waals surface area contributed by atoms with Crippen LogP contribution in [0.2, 0.25) is 0 Å². The molecule has 0 aromatic carbocycles. The maximum absolute atomic E-state index is 13.6. The molecule has 2 amide bonds. The Kier molecular flexibility index (Phi) is 6.75. The second kappa shape index (κ2) is 7.74. The number of carbonyl (C=O) groups excluding carboxylic acids is 2. The van der Waals surface area contributed by atoms with Crippen LogP contribution in [0.15, 0.2) is 0 Å². The molecule has 19 heteroatoms. The molecule has 0 saturated carbocycles. The van der Waals surface area contributed by atoms with Gasteiger partial charge in [0, 0.05) is 6.42 Å². The predicted octanol–water partition coefficient (Wildman–Crippen LogP) is 4.10. The molecule has 1 saturated heterocycles. The molecule has 1 fully saturated rings. The number of alkyl halides is 15. The van der Waals surface area contributed by atoms with Crippen molar-refractivity contribution in [1.82, 2.24) is 10.6 Å². The van der Waals surface area contributed by atoms with Crippen molar-refractivity contribution in [1.29, 1.82) is 0 Å². The van der Waals surface area contributed by atoms with E-state index in [1.165, 1.54) is 0 Å². The van der Waals surface area contributed by atoms with E-state index in [-0.39, 0.29) is 12.8 Å². The molecule has 1 aliphatic rings. The van der Waals surface area contributed by atoms with Crippen LogP contribution >= 0.6 is 0 Å². The van der Waals surface area contributed by atoms with Gasteiger partial charge in [-0.15, -0.1) is 0 Å². The first kappa shape index (κ1) is 27.9. The third-order valence-corrected chi connectivity index (χ3v) is 4.15. The maximum atomic E-state index is 13.6. The minimum absolute atomic E-state index is 0.175. The van der Waals surface area contributed by atoms with Crippen molar-refractivity contribution in [3.8, 4) is 0 Å². The Morgan fingerprint density at radius 3 is 1.53 bits per heavy atom. The minimum Gasteiger partial charge on any atom is -0.336 e. The van der Waals surface area contributed by atoms with Crippen LogP contribution in [0.1, 0.15) is 19.3 Å². The Bertz CT molecular complexity index is 746. The summed E-state index contributed by atoms with van der Waals surface area (Å²) in [5.74, 6) is -52.8. The molecule has 2 N–H and O–H groups in total. The summed E-state index contributed by atoms with van der Waals surface area (Å²) in [6.45, 7) is 0. The summed E-state index contributed by atoms with van der Waals surface area (Å²) >= 11 is 0. The van der Waals surface area contributed by atoms with E-state index in [1.54, 1.807) is 5.32 Å². The largest absolute Gasteiger partial charge is 0.460 e. The van der Waals surface area contributed by atoms with Gasteiger partial charge in [-0.25, -0.2) is 0 Å². The zero-order valence-corrected chi connectivity index (χ0v) is 14.7. The van der Waals surface area contributed by atoms with Crippen molar-refractivity contribution in [2.24, 2.45) is 0 Å². The standard InChI is InChI=1S/C13H9F15N2O2/c14-7(15,6(32)30-4-2-1-3-5(31)29-4)8(16,17)9(18,19)10(20,21)11(22,23)12(24,25)13(26,27)28/h4H,1-3H2,(H,29,31)(H,30,32). The summed E-state index contributed by atoms with van der Waals surface area (Å²) in [7, 11) is 0. The van der Waals surface area contributed by atoms with Crippen LogP contribution in [0.3, 0.4) is 0 Å². The highest BCUT2D eigenvalue weighted by molar-refractivity contribution is 5.86. The van der Waals surface area contributed by atoms with Gasteiger partial charge in [-0.3, -0.25) is 9.59 Å². The van der Waals surface area contributed by atoms with Crippen molar-refractivity contribution in [2.45, 2.75) is 67.1 Å². The topological polar surface area (TPSA) is 58.2 Å². The number of amides is 2. The van der Waals surface area contributed by atoms with Gasteiger partial charge in [0.1, 0.15) is 6.17 Å². The van der Waals surface area contributed by atoms with Crippen LogP contribution in [0.25, 0.3) is 0 Å². The predicted molar refractivity (Wildman–Crippen MR) is 69.7 cm³/mol. The fourth-order valence-electron chi connectivity index (χ4n) is 2.27. The van der Waals surface area contributed by atoms with Gasteiger partial charge in [0.2, 0.25) is 5.91 Å². The molecule has 1 aliphatic heterocycles. The summed E-state index contributed by atoms with van der Waals surface area (Å²) in [6, 6.07) is 0. The average Bonchev–Trinajstić information content (AvgIpc) is 2.59. The molecular weight excluding hydrogens is 501 g/mol. The van der Waals surface area contributed by atoms with Gasteiger partial charge in [0.05, 0.1) is 0 Å². The number of nitrogens with one attached hydrogen (secondary N) is 2. The minimum atomic E-state index is -8.47. The second-order valence-electron chi connectivity index (χ2n) is 6.43. The Hall–Kier alpha value is -2.11. The molecule has 188 valence electrons. The van der Waals surface area contributed by atoms with E-state index >= 15 is 0 Å². The molecular formula is C13H9F15N2O2. The maximum Gasteiger partial charge on any atom is 0.460 e. The molecule has 1 unspecified atom stereocenters. The lowest BCUT2D eigenvalue weighted by Crippen LogP contribution is -2.74. The smallest absolute Gasteiger partial charge is 0.336 e. The van der Waals surface area contributed by atoms with Gasteiger partial charge in [0.15, 0.2) is 0 Å². The highest BCUT2D eigenvalue weighted by Crippen LogP contribution is 2.62. The van der Waals surface area contributed by atoms with E-state index in [9.17, 15) is 75.4 Å². The number of hydrogen-bond acceptors (Lipinski definition) is 2. The van der Waals surface area contributed by atoms with E-state index in [0.717, 1.165) is 5.32 Å². The number of halogens is 15. The van der Waals surface area contributed by atoms with Gasteiger partial charge >= 0.3 is 41.7 Å². The summed E-state index contributed by atoms with van der Waals surface area (Å²) in [4.78, 5) is 22.3. The van der Waals surface area contributed by atoms with Crippen LogP contribution in [-0.4, -0.2) is 59.7 Å². The van der Waals surface area contributed by atoms with Crippen LogP contribution in [-0.2, 0) is 9.59 Å². The SMILES string of the molecule is O=C1CCCC(NC(=O)C(F)(F)C(F)(F)C(F)(F)C(F)(F)C(F)(F)C(F)(F)C(F)(F)F)N1. The van der Waals surface area contributed by atoms with Crippen LogP contribution in [0.5, 0.6) is 0 Å². The van der Waals surface area contributed by atoms with E-state index < -0.39 is 66.1 Å². The molecule has 1 rings (SSSR count). The highest BCUT2D eigenvalue weighted by Gasteiger charge is 2.94. The molecule has 1 atom stereocenters. The molecule has 1 heterocycles. The Labute approximate surface area is 166 Å². The summed E-state index contributed by atoms with van der Waals surface area (Å²) in [6.07, 6.45) is -10.5. The zero-order valence-electron chi connectivity index (χ0n) is 14.7. The molecule has 0 bridgehead atoms. The van der Waals surface area contributed by atoms with Gasteiger partial charge in [-0.2, -0.15) is 65.9 Å². The van der Waals surface area contributed by atoms with Gasteiger partial charge < -0.3 is 10.6 Å². The van der Waals surface area contributed by atoms with Crippen LogP contribution in [0.4, 0.5) is 65.9 Å². The van der Waals surface area contributed by atoms with Gasteiger partial charge in [-0.1, -0.05) is 0 Å². The first-order chi connectivity index (χ1) is 13.9. The van der Waals surface area contributed by atoms with E-state index in [2.05, 4.69) is 0 Å². The fraction of sp³-hybridized carbons (Fsp3) is 0.846. The van der Waals surface area contributed by atoms with Crippen molar-refractivity contribution in [2.75, 3.05) is 0 Å². The third kappa shape index (κ3) is 3.90. The molecule has 0 aromatic heterocycles. The number of piperidine rings is 1. The van der Waals surface area contributed by atoms with Gasteiger partial charge in [-0.05, 0) is 12.8 Å². The van der Waals surface area contributed by atoms with Gasteiger partial charge in [0.25, 0.3) is 5.91 Å². The Balaban J connectivity index is 3.38. The highest BCUT2D eigenvalue weighted by atomic mass is 19.4. The van der Waals surface area contributed by atoms with Crippen molar-refractivity contribution < 1.29 is 75.4 Å². The monoisotopic (exact) mass is 510 g/mol. The van der Waals surface area contributed by atoms with E-state index in [4.69, 9.17) is 0 Å². The lowest BCUT2D eigenvalue weighted by atomic mass is 9.90. The fourth-order valence-corrected chi connectivity index (χ4v) is 2.27. The molecule has 4 nitrogen and oxygen atoms in total. The van der Waals surface area contributed by atoms with E-state index in [0.29, 0.717) is 0 Å². The summed E-state index contributed by atoms with van der Waals surface area (Å²) in [5, 5.41) is 2.49. The Morgan fingerprint density at radius 1 is 0.719 bits per heavy atom. The lowest BCUT2D eigenvalue weighted by molar-refractivity contribution is -0.449. The van der Waals surface area contributed by atoms with E-state index in [1.807, 2.05) is 0 Å². The van der Waals surface area contributed by atoms with Crippen LogP contribution in [0, 0.1) is 0 Å². The molecule has 0 spiro atoms. The Morgan fingerprint density at radius 2 is 1.12 bits per heavy atom. The quantitative estimate of drug-likeness (QED) is 0.507. The molecule has 0 radical (unpaired) electrons. The molecule has 0 aliphatic carbocycles. The number of hydrogen-bond donors (Lipinski definition) is 2. The second-order valence-corrected chi connectivity index (χ2v) is 6.43. The first-order valence-corrected chi connectivity index (χ1v) is 7.83. The molecule has 0 aromatic rings. The summed E-state index contributed by atoms with van der Waals surface area (Å²) in [5.41, 5.74) is 0. The van der Waals surface area contributed by atoms with Crippen LogP contribution < -0.4 is 10.6 Å². The number of rotatable bonds is 7. The summed E-state index contributed by atoms with van der Waals surface area (Å²) < 4.78 is 195. The normalized spacial score (nSPS) is 20.1. The molecule has 32 heavy (non-hydrogen) atoms. The first-order valence-electron chi connectivity index (χ1n) is 7.83. The average molecular weight is 510 g/mol.